The molecule has 3 aromatic carbocycles. The molecule has 0 aliphatic heterocycles. The van der Waals surface area contributed by atoms with Gasteiger partial charge in [0.2, 0.25) is 0 Å². The van der Waals surface area contributed by atoms with Gasteiger partial charge in [-0.15, -0.1) is 0 Å². The van der Waals surface area contributed by atoms with Crippen LogP contribution in [-0.4, -0.2) is 66.9 Å². The molecular weight excluding hydrogens is 875 g/mol. The molecule has 4 amide bonds. The standard InChI is InChI=1S/C24H20N6O4.C23H19N7O4/c1-29-18-11-16(7-8-20(18)34-24(29)33)14-25-22(31)17-12-19(30-21(28-17)9-10-27-30)23(32)26-13-15-5-3-2-4-6-15;1-29-17-10-14(5-6-19(17)34-23(29)33)12-25-21(31)16-11-18(30-20(28-16)7-9-27-30)22(32)26-13-15-4-2-3-8-24-15/h2-12H,13-14H2,1H3,(H,25,31)(H,26,32);2-11H,12-13H2,1H3,(H,25,31)(H,26,32). The van der Waals surface area contributed by atoms with E-state index < -0.39 is 29.2 Å². The van der Waals surface area contributed by atoms with Gasteiger partial charge in [0.05, 0.1) is 35.7 Å². The number of aromatic nitrogens is 9. The van der Waals surface area contributed by atoms with Crippen molar-refractivity contribution in [2.75, 3.05) is 0 Å². The van der Waals surface area contributed by atoms with Crippen LogP contribution in [0.4, 0.5) is 0 Å². The number of nitrogens with one attached hydrogen (secondary N) is 4. The average Bonchev–Trinajstić information content (AvgIpc) is 4.17. The lowest BCUT2D eigenvalue weighted by atomic mass is 10.2. The minimum Gasteiger partial charge on any atom is -0.408 e. The van der Waals surface area contributed by atoms with Crippen molar-refractivity contribution in [3.8, 4) is 0 Å². The smallest absolute Gasteiger partial charge is 0.408 e. The molecular formula is C47H39N13O8. The van der Waals surface area contributed by atoms with E-state index in [1.54, 1.807) is 81.0 Å². The van der Waals surface area contributed by atoms with E-state index in [2.05, 4.69) is 46.4 Å². The normalized spacial score (nSPS) is 11.1. The zero-order chi connectivity index (χ0) is 47.3. The van der Waals surface area contributed by atoms with Crippen LogP contribution in [0, 0.1) is 0 Å². The Bertz CT molecular complexity index is 3410. The number of aryl methyl sites for hydroxylation is 2. The lowest BCUT2D eigenvalue weighted by Crippen LogP contribution is -2.28. The summed E-state index contributed by atoms with van der Waals surface area (Å²) >= 11 is 0. The number of pyridine rings is 1. The van der Waals surface area contributed by atoms with Gasteiger partial charge in [-0.3, -0.25) is 33.3 Å². The van der Waals surface area contributed by atoms with Crippen LogP contribution in [0.15, 0.2) is 146 Å². The molecule has 0 radical (unpaired) electrons. The van der Waals surface area contributed by atoms with E-state index in [9.17, 15) is 28.8 Å². The molecule has 0 spiro atoms. The number of oxazole rings is 2. The fourth-order valence-electron chi connectivity index (χ4n) is 7.13. The maximum atomic E-state index is 12.9. The minimum absolute atomic E-state index is 0.0766. The highest BCUT2D eigenvalue weighted by Gasteiger charge is 2.20. The van der Waals surface area contributed by atoms with E-state index in [4.69, 9.17) is 8.83 Å². The summed E-state index contributed by atoms with van der Waals surface area (Å²) in [5.41, 5.74) is 6.70. The van der Waals surface area contributed by atoms with Crippen LogP contribution >= 0.6 is 0 Å². The molecule has 21 heteroatoms. The topological polar surface area (TPSA) is 260 Å². The Balaban J connectivity index is 0.000000170. The van der Waals surface area contributed by atoms with E-state index in [1.807, 2.05) is 36.4 Å². The SMILES string of the molecule is Cn1c(=O)oc2ccc(CNC(=O)c3cc(C(=O)NCc4ccccc4)n4nccc4n3)cc21.Cn1c(=O)oc2ccc(CNC(=O)c3cc(C(=O)NCc4ccccn4)n4nccc4n3)cc21. The summed E-state index contributed by atoms with van der Waals surface area (Å²) in [6.45, 7) is 0.966. The average molecular weight is 914 g/mol. The van der Waals surface area contributed by atoms with Gasteiger partial charge in [0.25, 0.3) is 23.6 Å². The molecule has 340 valence electrons. The van der Waals surface area contributed by atoms with Gasteiger partial charge in [0, 0.05) is 64.2 Å². The number of nitrogens with zero attached hydrogens (tertiary/aromatic N) is 9. The molecule has 0 aliphatic rings. The monoisotopic (exact) mass is 913 g/mol. The first-order valence-electron chi connectivity index (χ1n) is 20.9. The van der Waals surface area contributed by atoms with Gasteiger partial charge in [0.1, 0.15) is 22.8 Å². The van der Waals surface area contributed by atoms with E-state index in [-0.39, 0.29) is 48.3 Å². The maximum Gasteiger partial charge on any atom is 0.419 e. The largest absolute Gasteiger partial charge is 0.419 e. The number of carbonyl (C=O) groups is 4. The van der Waals surface area contributed by atoms with Gasteiger partial charge < -0.3 is 30.1 Å². The summed E-state index contributed by atoms with van der Waals surface area (Å²) in [6.07, 6.45) is 4.67. The Morgan fingerprint density at radius 1 is 0.500 bits per heavy atom. The molecule has 0 fully saturated rings. The highest BCUT2D eigenvalue weighted by molar-refractivity contribution is 5.99. The van der Waals surface area contributed by atoms with Crippen LogP contribution in [0.2, 0.25) is 0 Å². The Morgan fingerprint density at radius 2 is 0.971 bits per heavy atom. The summed E-state index contributed by atoms with van der Waals surface area (Å²) in [7, 11) is 3.23. The Labute approximate surface area is 383 Å². The van der Waals surface area contributed by atoms with Gasteiger partial charge in [-0.2, -0.15) is 10.2 Å². The molecule has 7 heterocycles. The number of rotatable bonds is 12. The highest BCUT2D eigenvalue weighted by Crippen LogP contribution is 2.17. The van der Waals surface area contributed by atoms with E-state index >= 15 is 0 Å². The zero-order valence-electron chi connectivity index (χ0n) is 36.2. The van der Waals surface area contributed by atoms with Crippen molar-refractivity contribution in [2.24, 2.45) is 14.1 Å². The molecule has 4 N–H and O–H groups in total. The Hall–Kier alpha value is -9.53. The van der Waals surface area contributed by atoms with E-state index in [0.717, 1.165) is 16.7 Å². The van der Waals surface area contributed by atoms with Crippen LogP contribution in [0.1, 0.15) is 64.3 Å². The van der Waals surface area contributed by atoms with Crippen molar-refractivity contribution in [3.05, 3.63) is 194 Å². The molecule has 0 atom stereocenters. The molecule has 0 unspecified atom stereocenters. The molecule has 0 saturated carbocycles. The summed E-state index contributed by atoms with van der Waals surface area (Å²) < 4.78 is 15.8. The summed E-state index contributed by atoms with van der Waals surface area (Å²) in [4.78, 5) is 87.6. The number of amides is 4. The fraction of sp³-hybridized carbons (Fsp3) is 0.128. The van der Waals surface area contributed by atoms with Gasteiger partial charge in [-0.25, -0.2) is 28.6 Å². The highest BCUT2D eigenvalue weighted by atomic mass is 16.4. The molecule has 7 aromatic heterocycles. The molecule has 0 saturated heterocycles. The first-order chi connectivity index (χ1) is 33.0. The maximum absolute atomic E-state index is 12.9. The van der Waals surface area contributed by atoms with Crippen molar-refractivity contribution in [2.45, 2.75) is 26.2 Å². The predicted octanol–water partition coefficient (Wildman–Crippen LogP) is 3.46. The van der Waals surface area contributed by atoms with Crippen LogP contribution < -0.4 is 32.8 Å². The molecule has 10 rings (SSSR count). The third-order valence-corrected chi connectivity index (χ3v) is 10.7. The summed E-state index contributed by atoms with van der Waals surface area (Å²) in [5, 5.41) is 19.5. The van der Waals surface area contributed by atoms with Crippen LogP contribution in [-0.2, 0) is 40.3 Å². The van der Waals surface area contributed by atoms with Gasteiger partial charge in [0.15, 0.2) is 22.5 Å². The zero-order valence-corrected chi connectivity index (χ0v) is 36.2. The Morgan fingerprint density at radius 3 is 1.47 bits per heavy atom. The van der Waals surface area contributed by atoms with Crippen LogP contribution in [0.25, 0.3) is 33.5 Å². The van der Waals surface area contributed by atoms with Gasteiger partial charge in [-0.05, 0) is 53.1 Å². The summed E-state index contributed by atoms with van der Waals surface area (Å²) in [6, 6.07) is 31.4. The van der Waals surface area contributed by atoms with Crippen LogP contribution in [0.3, 0.4) is 0 Å². The fourth-order valence-corrected chi connectivity index (χ4v) is 7.13. The third kappa shape index (κ3) is 9.33. The van der Waals surface area contributed by atoms with Crippen molar-refractivity contribution in [1.29, 1.82) is 0 Å². The van der Waals surface area contributed by atoms with E-state index in [0.29, 0.717) is 45.7 Å². The van der Waals surface area contributed by atoms with Gasteiger partial charge in [-0.1, -0.05) is 48.5 Å². The van der Waals surface area contributed by atoms with Crippen molar-refractivity contribution in [1.82, 2.24) is 64.6 Å². The van der Waals surface area contributed by atoms with Crippen molar-refractivity contribution >= 4 is 57.1 Å². The van der Waals surface area contributed by atoms with Crippen molar-refractivity contribution < 1.29 is 28.0 Å². The van der Waals surface area contributed by atoms with Crippen molar-refractivity contribution in [3.63, 3.8) is 0 Å². The molecule has 68 heavy (non-hydrogen) atoms. The first-order valence-corrected chi connectivity index (χ1v) is 20.9. The number of fused-ring (bicyclic) bond motifs is 4. The number of benzene rings is 3. The predicted molar refractivity (Wildman–Crippen MR) is 244 cm³/mol. The Kier molecular flexibility index (Phi) is 12.1. The number of hydrogen-bond acceptors (Lipinski definition) is 13. The minimum atomic E-state index is -0.455. The second-order valence-electron chi connectivity index (χ2n) is 15.3. The van der Waals surface area contributed by atoms with Gasteiger partial charge >= 0.3 is 11.5 Å². The second kappa shape index (κ2) is 18.9. The number of hydrogen-bond donors (Lipinski definition) is 4. The lowest BCUT2D eigenvalue weighted by Gasteiger charge is -2.10. The van der Waals surface area contributed by atoms with Crippen LogP contribution in [0.5, 0.6) is 0 Å². The first kappa shape index (κ1) is 43.7. The quantitative estimate of drug-likeness (QED) is 0.137. The summed E-state index contributed by atoms with van der Waals surface area (Å²) in [5.74, 6) is -2.59. The second-order valence-corrected chi connectivity index (χ2v) is 15.3. The lowest BCUT2D eigenvalue weighted by molar-refractivity contribution is 0.0927. The molecule has 10 aromatic rings. The number of carbonyl (C=O) groups excluding carboxylic acids is 4. The molecule has 0 aliphatic carbocycles. The van der Waals surface area contributed by atoms with E-state index in [1.165, 1.54) is 42.7 Å². The molecule has 21 nitrogen and oxygen atoms in total. The third-order valence-electron chi connectivity index (χ3n) is 10.7. The molecule has 0 bridgehead atoms.